The van der Waals surface area contributed by atoms with Crippen molar-refractivity contribution < 1.29 is 4.39 Å². The third-order valence-electron chi connectivity index (χ3n) is 2.19. The lowest BCUT2D eigenvalue weighted by atomic mass is 9.94. The Morgan fingerprint density at radius 3 is 2.08 bits per heavy atom. The van der Waals surface area contributed by atoms with Gasteiger partial charge >= 0.3 is 0 Å². The molecule has 0 amide bonds. The minimum atomic E-state index is -0.903. The van der Waals surface area contributed by atoms with Crippen molar-refractivity contribution in [2.45, 2.75) is 12.1 Å². The van der Waals surface area contributed by atoms with E-state index in [9.17, 15) is 4.39 Å². The molecule has 13 heavy (non-hydrogen) atoms. The average Bonchev–Trinajstić information content (AvgIpc) is 2.20. The van der Waals surface area contributed by atoms with E-state index >= 15 is 0 Å². The zero-order valence-corrected chi connectivity index (χ0v) is 7.23. The van der Waals surface area contributed by atoms with Crippen LogP contribution in [-0.2, 0) is 0 Å². The second-order valence-electron chi connectivity index (χ2n) is 3.15. The Morgan fingerprint density at radius 2 is 1.46 bits per heavy atom. The predicted molar refractivity (Wildman–Crippen MR) is 52.4 cm³/mol. The summed E-state index contributed by atoms with van der Waals surface area (Å²) in [5.41, 5.74) is 1.21. The quantitative estimate of drug-likeness (QED) is 0.573. The molecule has 0 radical (unpaired) electrons. The number of alkyl halides is 1. The highest BCUT2D eigenvalue weighted by molar-refractivity contribution is 5.32. The topological polar surface area (TPSA) is 0 Å². The summed E-state index contributed by atoms with van der Waals surface area (Å²) >= 11 is 0. The number of halogens is 1. The van der Waals surface area contributed by atoms with Crippen LogP contribution in [0.5, 0.6) is 0 Å². The maximum absolute atomic E-state index is 12.7. The smallest absolute Gasteiger partial charge is 0.137 e. The summed E-state index contributed by atoms with van der Waals surface area (Å²) in [7, 11) is 0. The van der Waals surface area contributed by atoms with Crippen LogP contribution in [0.3, 0.4) is 0 Å². The van der Waals surface area contributed by atoms with Crippen LogP contribution >= 0.6 is 0 Å². The minimum absolute atomic E-state index is 0.244. The molecular formula is C12H11F. The van der Waals surface area contributed by atoms with Crippen molar-refractivity contribution in [2.24, 2.45) is 0 Å². The molecule has 1 aliphatic rings. The van der Waals surface area contributed by atoms with Gasteiger partial charge in [-0.15, -0.1) is 0 Å². The fraction of sp³-hybridized carbons (Fsp3) is 0.167. The van der Waals surface area contributed by atoms with E-state index in [-0.39, 0.29) is 5.92 Å². The molecule has 0 heterocycles. The molecule has 1 heteroatoms. The first kappa shape index (κ1) is 8.24. The zero-order valence-electron chi connectivity index (χ0n) is 7.23. The van der Waals surface area contributed by atoms with E-state index in [1.165, 1.54) is 5.56 Å². The van der Waals surface area contributed by atoms with E-state index < -0.39 is 6.17 Å². The molecule has 0 atom stereocenters. The van der Waals surface area contributed by atoms with Gasteiger partial charge in [0.25, 0.3) is 0 Å². The monoisotopic (exact) mass is 174 g/mol. The van der Waals surface area contributed by atoms with E-state index in [0.717, 1.165) is 0 Å². The highest BCUT2D eigenvalue weighted by Gasteiger charge is 2.09. The molecule has 0 nitrogen and oxygen atoms in total. The third kappa shape index (κ3) is 1.86. The Balaban J connectivity index is 2.20. The van der Waals surface area contributed by atoms with Crippen molar-refractivity contribution in [3.63, 3.8) is 0 Å². The summed E-state index contributed by atoms with van der Waals surface area (Å²) in [5.74, 6) is 0.244. The molecule has 2 rings (SSSR count). The van der Waals surface area contributed by atoms with Crippen LogP contribution in [0.25, 0.3) is 0 Å². The minimum Gasteiger partial charge on any atom is -0.238 e. The van der Waals surface area contributed by atoms with Gasteiger partial charge in [-0.2, -0.15) is 0 Å². The van der Waals surface area contributed by atoms with Crippen molar-refractivity contribution in [2.75, 3.05) is 0 Å². The highest BCUT2D eigenvalue weighted by atomic mass is 19.1. The molecule has 0 aliphatic heterocycles. The van der Waals surface area contributed by atoms with Crippen LogP contribution in [0.15, 0.2) is 54.6 Å². The molecule has 0 saturated carbocycles. The molecule has 0 spiro atoms. The fourth-order valence-electron chi connectivity index (χ4n) is 1.48. The third-order valence-corrected chi connectivity index (χ3v) is 2.19. The lowest BCUT2D eigenvalue weighted by Crippen LogP contribution is -2.00. The fourth-order valence-corrected chi connectivity index (χ4v) is 1.48. The van der Waals surface area contributed by atoms with Crippen molar-refractivity contribution in [3.8, 4) is 0 Å². The van der Waals surface area contributed by atoms with Crippen LogP contribution in [0.1, 0.15) is 11.5 Å². The van der Waals surface area contributed by atoms with Crippen molar-refractivity contribution in [1.29, 1.82) is 0 Å². The van der Waals surface area contributed by atoms with Crippen LogP contribution < -0.4 is 0 Å². The van der Waals surface area contributed by atoms with Crippen LogP contribution in [0, 0.1) is 0 Å². The molecule has 0 saturated heterocycles. The largest absolute Gasteiger partial charge is 0.238 e. The summed E-state index contributed by atoms with van der Waals surface area (Å²) in [6, 6.07) is 10.1. The van der Waals surface area contributed by atoms with E-state index in [2.05, 4.69) is 12.1 Å². The normalized spacial score (nSPS) is 26.2. The number of allylic oxidation sites excluding steroid dienone is 4. The van der Waals surface area contributed by atoms with Gasteiger partial charge in [0.2, 0.25) is 0 Å². The number of benzene rings is 1. The predicted octanol–water partition coefficient (Wildman–Crippen LogP) is 3.23. The molecule has 1 aliphatic carbocycles. The maximum atomic E-state index is 12.7. The van der Waals surface area contributed by atoms with Crippen molar-refractivity contribution in [3.05, 3.63) is 60.2 Å². The first-order chi connectivity index (χ1) is 6.36. The number of hydrogen-bond acceptors (Lipinski definition) is 0. The van der Waals surface area contributed by atoms with Gasteiger partial charge in [0.15, 0.2) is 0 Å². The van der Waals surface area contributed by atoms with Gasteiger partial charge in [0.05, 0.1) is 0 Å². The van der Waals surface area contributed by atoms with E-state index in [0.29, 0.717) is 0 Å². The Bertz CT molecular complexity index is 310. The van der Waals surface area contributed by atoms with Gasteiger partial charge in [0.1, 0.15) is 6.17 Å². The van der Waals surface area contributed by atoms with Crippen molar-refractivity contribution >= 4 is 0 Å². The second kappa shape index (κ2) is 3.56. The van der Waals surface area contributed by atoms with Crippen LogP contribution in [0.2, 0.25) is 0 Å². The van der Waals surface area contributed by atoms with Gasteiger partial charge in [-0.25, -0.2) is 4.39 Å². The van der Waals surface area contributed by atoms with Crippen LogP contribution in [0.4, 0.5) is 4.39 Å². The molecule has 1 aromatic rings. The maximum Gasteiger partial charge on any atom is 0.137 e. The van der Waals surface area contributed by atoms with Gasteiger partial charge in [0, 0.05) is 5.92 Å². The Labute approximate surface area is 77.4 Å². The molecule has 66 valence electrons. The second-order valence-corrected chi connectivity index (χ2v) is 3.15. The molecule has 0 unspecified atom stereocenters. The van der Waals surface area contributed by atoms with Gasteiger partial charge < -0.3 is 0 Å². The van der Waals surface area contributed by atoms with Crippen LogP contribution in [-0.4, -0.2) is 6.17 Å². The van der Waals surface area contributed by atoms with Gasteiger partial charge in [-0.05, 0) is 17.7 Å². The molecule has 0 N–H and O–H groups in total. The van der Waals surface area contributed by atoms with E-state index in [1.807, 2.05) is 30.4 Å². The Morgan fingerprint density at radius 1 is 0.846 bits per heavy atom. The zero-order chi connectivity index (χ0) is 9.10. The Kier molecular flexibility index (Phi) is 2.26. The standard InChI is InChI=1S/C12H11F/c13-12-8-6-11(7-9-12)10-4-2-1-3-5-10/h1-9,11-12H. The molecule has 0 fully saturated rings. The summed E-state index contributed by atoms with van der Waals surface area (Å²) in [4.78, 5) is 0. The molecule has 0 aromatic heterocycles. The van der Waals surface area contributed by atoms with Gasteiger partial charge in [-0.3, -0.25) is 0 Å². The summed E-state index contributed by atoms with van der Waals surface area (Å²) in [6.45, 7) is 0. The lowest BCUT2D eigenvalue weighted by molar-refractivity contribution is 0.464. The molecular weight excluding hydrogens is 163 g/mol. The number of hydrogen-bond donors (Lipinski definition) is 0. The van der Waals surface area contributed by atoms with E-state index in [4.69, 9.17) is 0 Å². The Hall–Kier alpha value is -1.37. The summed E-state index contributed by atoms with van der Waals surface area (Å²) < 4.78 is 12.7. The first-order valence-electron chi connectivity index (χ1n) is 4.42. The van der Waals surface area contributed by atoms with Crippen molar-refractivity contribution in [1.82, 2.24) is 0 Å². The first-order valence-corrected chi connectivity index (χ1v) is 4.42. The lowest BCUT2D eigenvalue weighted by Gasteiger charge is -2.12. The van der Waals surface area contributed by atoms with E-state index in [1.54, 1.807) is 12.2 Å². The summed E-state index contributed by atoms with van der Waals surface area (Å²) in [6.07, 6.45) is 6.09. The SMILES string of the molecule is FC1C=CC(c2ccccc2)C=C1. The summed E-state index contributed by atoms with van der Waals surface area (Å²) in [5, 5.41) is 0. The average molecular weight is 174 g/mol. The molecule has 0 bridgehead atoms. The highest BCUT2D eigenvalue weighted by Crippen LogP contribution is 2.22. The molecule has 1 aromatic carbocycles. The van der Waals surface area contributed by atoms with Gasteiger partial charge in [-0.1, -0.05) is 42.5 Å². The number of rotatable bonds is 1.